The Morgan fingerprint density at radius 3 is 2.69 bits per heavy atom. The molecule has 7 nitrogen and oxygen atoms in total. The average molecular weight is 394 g/mol. The van der Waals surface area contributed by atoms with Crippen molar-refractivity contribution in [3.63, 3.8) is 0 Å². The van der Waals surface area contributed by atoms with E-state index in [1.165, 1.54) is 23.6 Å². The number of pyridine rings is 1. The zero-order chi connectivity index (χ0) is 18.7. The van der Waals surface area contributed by atoms with Crippen LogP contribution in [0.15, 0.2) is 36.5 Å². The van der Waals surface area contributed by atoms with Crippen LogP contribution in [0, 0.1) is 5.95 Å². The lowest BCUT2D eigenvalue weighted by molar-refractivity contribution is -0.120. The number of halogens is 1. The van der Waals surface area contributed by atoms with Gasteiger partial charge in [0.1, 0.15) is 5.01 Å². The standard InChI is InChI=1S/C16H15FN4O3S2/c17-14-4-2-11(9-20-14)10-1-3-12-13(7-10)25-16(21-12)8-15(22)19-5-6-26(18,23)24/h1-4,7,9H,5-6,8H2,(H,19,22)(H2,18,23,24). The summed E-state index contributed by atoms with van der Waals surface area (Å²) in [6, 6.07) is 8.53. The van der Waals surface area contributed by atoms with Crippen molar-refractivity contribution in [1.29, 1.82) is 0 Å². The van der Waals surface area contributed by atoms with Gasteiger partial charge in [0.25, 0.3) is 0 Å². The van der Waals surface area contributed by atoms with Crippen LogP contribution in [-0.2, 0) is 21.2 Å². The van der Waals surface area contributed by atoms with Crippen LogP contribution in [0.25, 0.3) is 21.3 Å². The number of primary sulfonamides is 1. The molecular weight excluding hydrogens is 379 g/mol. The molecule has 0 spiro atoms. The number of sulfonamides is 1. The second-order valence-corrected chi connectivity index (χ2v) is 8.40. The maximum atomic E-state index is 12.9. The van der Waals surface area contributed by atoms with Crippen molar-refractivity contribution in [3.05, 3.63) is 47.5 Å². The lowest BCUT2D eigenvalue weighted by atomic mass is 10.1. The quantitative estimate of drug-likeness (QED) is 0.614. The maximum absolute atomic E-state index is 12.9. The number of nitrogens with one attached hydrogen (secondary N) is 1. The van der Waals surface area contributed by atoms with Gasteiger partial charge < -0.3 is 5.32 Å². The van der Waals surface area contributed by atoms with E-state index < -0.39 is 16.0 Å². The molecular formula is C16H15FN4O3S2. The van der Waals surface area contributed by atoms with Crippen LogP contribution < -0.4 is 10.5 Å². The summed E-state index contributed by atoms with van der Waals surface area (Å²) in [4.78, 5) is 19.9. The molecule has 0 saturated carbocycles. The Bertz CT molecular complexity index is 1050. The molecule has 3 aromatic rings. The van der Waals surface area contributed by atoms with Crippen molar-refractivity contribution in [1.82, 2.24) is 15.3 Å². The third-order valence-corrected chi connectivity index (χ3v) is 5.31. The molecule has 0 aliphatic heterocycles. The Morgan fingerprint density at radius 2 is 2.00 bits per heavy atom. The fourth-order valence-electron chi connectivity index (χ4n) is 2.31. The van der Waals surface area contributed by atoms with Gasteiger partial charge in [-0.3, -0.25) is 4.79 Å². The predicted molar refractivity (Wildman–Crippen MR) is 97.5 cm³/mol. The van der Waals surface area contributed by atoms with E-state index in [0.717, 1.165) is 21.3 Å². The lowest BCUT2D eigenvalue weighted by Crippen LogP contribution is -2.32. The molecule has 0 bridgehead atoms. The molecule has 1 aromatic carbocycles. The summed E-state index contributed by atoms with van der Waals surface area (Å²) in [5, 5.41) is 7.99. The smallest absolute Gasteiger partial charge is 0.226 e. The largest absolute Gasteiger partial charge is 0.355 e. The van der Waals surface area contributed by atoms with E-state index >= 15 is 0 Å². The van der Waals surface area contributed by atoms with Gasteiger partial charge in [-0.2, -0.15) is 4.39 Å². The first-order valence-electron chi connectivity index (χ1n) is 7.59. The number of hydrogen-bond acceptors (Lipinski definition) is 6. The molecule has 2 heterocycles. The molecule has 3 N–H and O–H groups in total. The van der Waals surface area contributed by atoms with Crippen LogP contribution in [-0.4, -0.2) is 36.6 Å². The zero-order valence-electron chi connectivity index (χ0n) is 13.5. The van der Waals surface area contributed by atoms with Crippen molar-refractivity contribution in [2.75, 3.05) is 12.3 Å². The van der Waals surface area contributed by atoms with Crippen molar-refractivity contribution < 1.29 is 17.6 Å². The fraction of sp³-hybridized carbons (Fsp3) is 0.188. The number of aromatic nitrogens is 2. The second-order valence-electron chi connectivity index (χ2n) is 5.55. The summed E-state index contributed by atoms with van der Waals surface area (Å²) in [6.45, 7) is -0.0374. The van der Waals surface area contributed by atoms with Gasteiger partial charge in [-0.25, -0.2) is 23.5 Å². The number of carbonyl (C=O) groups excluding carboxylic acids is 1. The molecule has 10 heteroatoms. The Morgan fingerprint density at radius 1 is 1.23 bits per heavy atom. The lowest BCUT2D eigenvalue weighted by Gasteiger charge is -2.02. The van der Waals surface area contributed by atoms with Crippen LogP contribution in [0.3, 0.4) is 0 Å². The van der Waals surface area contributed by atoms with Gasteiger partial charge in [0.2, 0.25) is 21.9 Å². The highest BCUT2D eigenvalue weighted by Gasteiger charge is 2.11. The molecule has 0 saturated heterocycles. The number of rotatable bonds is 6. The van der Waals surface area contributed by atoms with Gasteiger partial charge in [0.05, 0.1) is 22.4 Å². The number of nitrogens with two attached hydrogens (primary N) is 1. The molecule has 0 aliphatic rings. The molecule has 0 fully saturated rings. The summed E-state index contributed by atoms with van der Waals surface area (Å²) in [7, 11) is -3.60. The molecule has 26 heavy (non-hydrogen) atoms. The fourth-order valence-corrected chi connectivity index (χ4v) is 3.70. The highest BCUT2D eigenvalue weighted by molar-refractivity contribution is 7.89. The summed E-state index contributed by atoms with van der Waals surface area (Å²) in [5.74, 6) is -1.17. The summed E-state index contributed by atoms with van der Waals surface area (Å²) in [5.41, 5.74) is 2.41. The van der Waals surface area contributed by atoms with Crippen molar-refractivity contribution >= 4 is 37.5 Å². The number of amides is 1. The summed E-state index contributed by atoms with van der Waals surface area (Å²) in [6.07, 6.45) is 1.51. The van der Waals surface area contributed by atoms with Gasteiger partial charge in [-0.1, -0.05) is 6.07 Å². The zero-order valence-corrected chi connectivity index (χ0v) is 15.1. The first-order valence-corrected chi connectivity index (χ1v) is 10.1. The minimum absolute atomic E-state index is 0.0374. The van der Waals surface area contributed by atoms with Gasteiger partial charge >= 0.3 is 0 Å². The van der Waals surface area contributed by atoms with E-state index in [0.29, 0.717) is 5.01 Å². The Hall–Kier alpha value is -2.43. The van der Waals surface area contributed by atoms with Crippen LogP contribution in [0.5, 0.6) is 0 Å². The molecule has 2 aromatic heterocycles. The van der Waals surface area contributed by atoms with E-state index in [2.05, 4.69) is 15.3 Å². The highest BCUT2D eigenvalue weighted by atomic mass is 32.2. The van der Waals surface area contributed by atoms with E-state index in [9.17, 15) is 17.6 Å². The SMILES string of the molecule is NS(=O)(=O)CCNC(=O)Cc1nc2ccc(-c3ccc(F)nc3)cc2s1. The van der Waals surface area contributed by atoms with E-state index in [1.54, 1.807) is 6.07 Å². The number of thiazole rings is 1. The van der Waals surface area contributed by atoms with Crippen LogP contribution in [0.4, 0.5) is 4.39 Å². The topological polar surface area (TPSA) is 115 Å². The van der Waals surface area contributed by atoms with Gasteiger partial charge in [0, 0.05) is 18.3 Å². The van der Waals surface area contributed by atoms with Crippen LogP contribution >= 0.6 is 11.3 Å². The third-order valence-electron chi connectivity index (χ3n) is 3.51. The van der Waals surface area contributed by atoms with E-state index in [-0.39, 0.29) is 24.6 Å². The second kappa shape index (κ2) is 7.44. The molecule has 3 rings (SSSR count). The number of benzene rings is 1. The summed E-state index contributed by atoms with van der Waals surface area (Å²) < 4.78 is 35.5. The maximum Gasteiger partial charge on any atom is 0.226 e. The Labute approximate surface area is 153 Å². The first kappa shape index (κ1) is 18.4. The summed E-state index contributed by atoms with van der Waals surface area (Å²) >= 11 is 1.37. The number of nitrogens with zero attached hydrogens (tertiary/aromatic N) is 2. The molecule has 0 radical (unpaired) electrons. The van der Waals surface area contributed by atoms with Crippen molar-refractivity contribution in [2.45, 2.75) is 6.42 Å². The Kier molecular flexibility index (Phi) is 5.25. The monoisotopic (exact) mass is 394 g/mol. The van der Waals surface area contributed by atoms with E-state index in [1.807, 2.05) is 18.2 Å². The predicted octanol–water partition coefficient (Wildman–Crippen LogP) is 1.44. The molecule has 0 unspecified atom stereocenters. The molecule has 136 valence electrons. The third kappa shape index (κ3) is 4.81. The first-order chi connectivity index (χ1) is 12.3. The minimum Gasteiger partial charge on any atom is -0.355 e. The van der Waals surface area contributed by atoms with Crippen LogP contribution in [0.2, 0.25) is 0 Å². The highest BCUT2D eigenvalue weighted by Crippen LogP contribution is 2.28. The van der Waals surface area contributed by atoms with E-state index in [4.69, 9.17) is 5.14 Å². The van der Waals surface area contributed by atoms with Gasteiger partial charge in [-0.15, -0.1) is 11.3 Å². The van der Waals surface area contributed by atoms with Crippen molar-refractivity contribution in [2.24, 2.45) is 5.14 Å². The normalized spacial score (nSPS) is 11.6. The average Bonchev–Trinajstić information content (AvgIpc) is 2.95. The van der Waals surface area contributed by atoms with Gasteiger partial charge in [0.15, 0.2) is 0 Å². The number of carbonyl (C=O) groups is 1. The van der Waals surface area contributed by atoms with Crippen LogP contribution in [0.1, 0.15) is 5.01 Å². The Balaban J connectivity index is 1.71. The van der Waals surface area contributed by atoms with Crippen molar-refractivity contribution in [3.8, 4) is 11.1 Å². The number of hydrogen-bond donors (Lipinski definition) is 2. The number of fused-ring (bicyclic) bond motifs is 1. The minimum atomic E-state index is -3.60. The molecule has 0 aliphatic carbocycles. The van der Waals surface area contributed by atoms with Gasteiger partial charge in [-0.05, 0) is 29.8 Å². The molecule has 1 amide bonds. The molecule has 0 atom stereocenters.